The highest BCUT2D eigenvalue weighted by molar-refractivity contribution is 7.92. The zero-order chi connectivity index (χ0) is 11.1. The van der Waals surface area contributed by atoms with Crippen LogP contribution in [0.4, 0.5) is 0 Å². The number of carbonyl (C=O) groups is 1. The summed E-state index contributed by atoms with van der Waals surface area (Å²) in [5.74, 6) is 4.69. The van der Waals surface area contributed by atoms with Gasteiger partial charge in [0.15, 0.2) is 0 Å². The van der Waals surface area contributed by atoms with Crippen molar-refractivity contribution in [3.05, 3.63) is 35.9 Å². The summed E-state index contributed by atoms with van der Waals surface area (Å²) in [6, 6.07) is 8.14. The first-order valence-electron chi connectivity index (χ1n) is 3.99. The molecule has 1 unspecified atom stereocenters. The minimum absolute atomic E-state index is 0.309. The van der Waals surface area contributed by atoms with Crippen LogP contribution in [0.25, 0.3) is 0 Å². The number of hydrogen-bond donors (Lipinski definition) is 2. The SMILES string of the molecule is NN(C(=O)c1ccccc1)N1NS1(=O)=O. The van der Waals surface area contributed by atoms with Gasteiger partial charge in [-0.3, -0.25) is 4.79 Å². The Hall–Kier alpha value is -1.48. The van der Waals surface area contributed by atoms with Crippen LogP contribution in [0.5, 0.6) is 0 Å². The predicted octanol–water partition coefficient (Wildman–Crippen LogP) is -1.02. The van der Waals surface area contributed by atoms with Crippen molar-refractivity contribution in [3.8, 4) is 0 Å². The molecule has 0 aliphatic carbocycles. The van der Waals surface area contributed by atoms with Gasteiger partial charge in [0.2, 0.25) is 0 Å². The highest BCUT2D eigenvalue weighted by Crippen LogP contribution is 2.14. The number of nitrogens with two attached hydrogens (primary N) is 1. The van der Waals surface area contributed by atoms with E-state index in [2.05, 4.69) is 0 Å². The second-order valence-electron chi connectivity index (χ2n) is 2.86. The molecule has 1 heterocycles. The van der Waals surface area contributed by atoms with Crippen LogP contribution < -0.4 is 10.7 Å². The Kier molecular flexibility index (Phi) is 2.20. The van der Waals surface area contributed by atoms with Crippen molar-refractivity contribution in [2.75, 3.05) is 0 Å². The normalized spacial score (nSPS) is 22.1. The Labute approximate surface area is 86.2 Å². The second-order valence-corrected chi connectivity index (χ2v) is 4.33. The summed E-state index contributed by atoms with van der Waals surface area (Å²) in [4.78, 5) is 13.5. The lowest BCUT2D eigenvalue weighted by atomic mass is 10.2. The summed E-state index contributed by atoms with van der Waals surface area (Å²) in [7, 11) is -3.55. The maximum absolute atomic E-state index is 11.6. The molecule has 1 fully saturated rings. The molecule has 0 radical (unpaired) electrons. The van der Waals surface area contributed by atoms with Gasteiger partial charge >= 0.3 is 10.2 Å². The van der Waals surface area contributed by atoms with Crippen LogP contribution in [0.1, 0.15) is 10.4 Å². The van der Waals surface area contributed by atoms with E-state index in [1.807, 2.05) is 4.83 Å². The van der Waals surface area contributed by atoms with Gasteiger partial charge in [-0.2, -0.15) is 13.5 Å². The molecule has 80 valence electrons. The summed E-state index contributed by atoms with van der Waals surface area (Å²) in [6.07, 6.45) is 0. The van der Waals surface area contributed by atoms with Crippen LogP contribution in [0, 0.1) is 0 Å². The Morgan fingerprint density at radius 1 is 1.33 bits per heavy atom. The van der Waals surface area contributed by atoms with Crippen molar-refractivity contribution < 1.29 is 13.2 Å². The van der Waals surface area contributed by atoms with Crippen molar-refractivity contribution in [1.29, 1.82) is 0 Å². The third-order valence-corrected chi connectivity index (χ3v) is 2.77. The maximum Gasteiger partial charge on any atom is 0.328 e. The summed E-state index contributed by atoms with van der Waals surface area (Å²) in [6.45, 7) is 0. The van der Waals surface area contributed by atoms with Gasteiger partial charge in [0.25, 0.3) is 5.91 Å². The monoisotopic (exact) mass is 228 g/mol. The van der Waals surface area contributed by atoms with Gasteiger partial charge < -0.3 is 0 Å². The number of hydrogen-bond acceptors (Lipinski definition) is 4. The van der Waals surface area contributed by atoms with E-state index in [9.17, 15) is 13.2 Å². The molecule has 1 aliphatic heterocycles. The van der Waals surface area contributed by atoms with Crippen molar-refractivity contribution in [2.24, 2.45) is 5.84 Å². The van der Waals surface area contributed by atoms with Gasteiger partial charge in [0.05, 0.1) is 0 Å². The van der Waals surface area contributed by atoms with Crippen molar-refractivity contribution in [1.82, 2.24) is 14.5 Å². The number of nitrogens with one attached hydrogen (secondary N) is 1. The van der Waals surface area contributed by atoms with Gasteiger partial charge in [-0.25, -0.2) is 5.84 Å². The quantitative estimate of drug-likeness (QED) is 0.292. The van der Waals surface area contributed by atoms with Crippen molar-refractivity contribution in [2.45, 2.75) is 0 Å². The molecule has 0 spiro atoms. The van der Waals surface area contributed by atoms with E-state index in [0.717, 1.165) is 0 Å². The molecule has 1 aliphatic rings. The fourth-order valence-electron chi connectivity index (χ4n) is 1.04. The van der Waals surface area contributed by atoms with Crippen molar-refractivity contribution in [3.63, 3.8) is 0 Å². The van der Waals surface area contributed by atoms with Gasteiger partial charge in [-0.05, 0) is 12.1 Å². The molecule has 1 atom stereocenters. The zero-order valence-electron chi connectivity index (χ0n) is 7.49. The number of nitrogens with zero attached hydrogens (tertiary/aromatic N) is 2. The third-order valence-electron chi connectivity index (χ3n) is 1.81. The van der Waals surface area contributed by atoms with Crippen LogP contribution in [-0.4, -0.2) is 24.0 Å². The van der Waals surface area contributed by atoms with E-state index in [4.69, 9.17) is 5.84 Å². The van der Waals surface area contributed by atoms with Crippen LogP contribution >= 0.6 is 0 Å². The molecular formula is C7H8N4O3S. The summed E-state index contributed by atoms with van der Waals surface area (Å²) in [5, 5.41) is 0.505. The Bertz CT molecular complexity index is 486. The molecule has 1 saturated heterocycles. The van der Waals surface area contributed by atoms with E-state index >= 15 is 0 Å². The van der Waals surface area contributed by atoms with Crippen LogP contribution in [0.3, 0.4) is 0 Å². The Morgan fingerprint density at radius 3 is 2.33 bits per heavy atom. The van der Waals surface area contributed by atoms with Crippen LogP contribution in [-0.2, 0) is 10.2 Å². The first-order chi connectivity index (χ1) is 7.02. The molecular weight excluding hydrogens is 220 g/mol. The number of hydrazine groups is 3. The second kappa shape index (κ2) is 3.28. The molecule has 7 nitrogen and oxygen atoms in total. The highest BCUT2D eigenvalue weighted by Gasteiger charge is 2.46. The lowest BCUT2D eigenvalue weighted by Crippen LogP contribution is -2.43. The molecule has 2 rings (SSSR count). The minimum Gasteiger partial charge on any atom is -0.266 e. The zero-order valence-corrected chi connectivity index (χ0v) is 8.31. The van der Waals surface area contributed by atoms with E-state index in [-0.39, 0.29) is 0 Å². The molecule has 3 N–H and O–H groups in total. The highest BCUT2D eigenvalue weighted by atomic mass is 32.2. The van der Waals surface area contributed by atoms with Crippen molar-refractivity contribution >= 4 is 16.1 Å². The predicted molar refractivity (Wildman–Crippen MR) is 50.7 cm³/mol. The molecule has 0 saturated carbocycles. The number of amides is 1. The lowest BCUT2D eigenvalue weighted by Gasteiger charge is -2.12. The molecule has 8 heteroatoms. The van der Waals surface area contributed by atoms with E-state index in [0.29, 0.717) is 15.2 Å². The molecule has 1 aromatic carbocycles. The molecule has 0 aromatic heterocycles. The summed E-state index contributed by atoms with van der Waals surface area (Å²) < 4.78 is 22.1. The average Bonchev–Trinajstić information content (AvgIpc) is 2.87. The molecule has 0 bridgehead atoms. The first-order valence-corrected chi connectivity index (χ1v) is 5.43. The first kappa shape index (κ1) is 10.1. The van der Waals surface area contributed by atoms with E-state index in [1.54, 1.807) is 18.2 Å². The van der Waals surface area contributed by atoms with Gasteiger partial charge in [-0.1, -0.05) is 23.0 Å². The smallest absolute Gasteiger partial charge is 0.266 e. The van der Waals surface area contributed by atoms with Crippen LogP contribution in [0.15, 0.2) is 30.3 Å². The summed E-state index contributed by atoms with van der Waals surface area (Å²) >= 11 is 0. The van der Waals surface area contributed by atoms with E-state index in [1.165, 1.54) is 12.1 Å². The topological polar surface area (TPSA) is 105 Å². The average molecular weight is 228 g/mol. The Morgan fingerprint density at radius 2 is 1.87 bits per heavy atom. The van der Waals surface area contributed by atoms with Gasteiger partial charge in [0, 0.05) is 10.1 Å². The summed E-state index contributed by atoms with van der Waals surface area (Å²) in [5.41, 5.74) is 0.309. The van der Waals surface area contributed by atoms with Gasteiger partial charge in [-0.15, -0.1) is 0 Å². The van der Waals surface area contributed by atoms with Crippen LogP contribution in [0.2, 0.25) is 0 Å². The molecule has 1 amide bonds. The number of benzene rings is 1. The van der Waals surface area contributed by atoms with E-state index < -0.39 is 16.1 Å². The fourth-order valence-corrected chi connectivity index (χ4v) is 1.78. The van der Waals surface area contributed by atoms with Gasteiger partial charge in [0.1, 0.15) is 0 Å². The number of rotatable bonds is 2. The fraction of sp³-hybridized carbons (Fsp3) is 0. The maximum atomic E-state index is 11.6. The largest absolute Gasteiger partial charge is 0.328 e. The Balaban J connectivity index is 2.17. The molecule has 1 aromatic rings. The number of carbonyl (C=O) groups excluding carboxylic acids is 1. The standard InChI is InChI=1S/C7H8N4O3S/c8-10(11-9-15(11,13)14)7(12)6-4-2-1-3-5-6/h1-5,9H,8H2. The third kappa shape index (κ3) is 1.83. The minimum atomic E-state index is -3.55. The molecule has 15 heavy (non-hydrogen) atoms. The lowest BCUT2D eigenvalue weighted by molar-refractivity contribution is 0.0456.